The quantitative estimate of drug-likeness (QED) is 0.249. The number of nitrogens with zero attached hydrogens (tertiary/aromatic N) is 2. The van der Waals surface area contributed by atoms with Crippen molar-refractivity contribution in [2.75, 3.05) is 31.0 Å². The molecular formula is C26H25N3O8S. The number of benzene rings is 1. The molecule has 0 saturated carbocycles. The molecule has 2 N–H and O–H groups in total. The van der Waals surface area contributed by atoms with E-state index in [-0.39, 0.29) is 11.3 Å². The van der Waals surface area contributed by atoms with E-state index in [1.165, 1.54) is 31.8 Å². The number of aliphatic hydroxyl groups excluding tert-OH is 1. The first-order chi connectivity index (χ1) is 18.1. The third-order valence-corrected chi connectivity index (χ3v) is 7.01. The van der Waals surface area contributed by atoms with Crippen molar-refractivity contribution in [1.82, 2.24) is 4.98 Å². The molecule has 0 aliphatic heterocycles. The van der Waals surface area contributed by atoms with Gasteiger partial charge in [-0.05, 0) is 37.3 Å². The van der Waals surface area contributed by atoms with Gasteiger partial charge in [0.1, 0.15) is 5.75 Å². The van der Waals surface area contributed by atoms with E-state index in [0.717, 1.165) is 7.11 Å². The second-order valence-electron chi connectivity index (χ2n) is 7.93. The Labute approximate surface area is 219 Å². The number of hydrogen-bond donors (Lipinski definition) is 2. The SMILES string of the molecule is COC(=O)CS(=O)(CC(O)OC)=NC(=O)c1cncc(C#Cc2cccc(NC(=O)c3occc3C)c2)c1. The summed E-state index contributed by atoms with van der Waals surface area (Å²) >= 11 is 0. The lowest BCUT2D eigenvalue weighted by Gasteiger charge is -2.12. The zero-order valence-electron chi connectivity index (χ0n) is 20.8. The monoisotopic (exact) mass is 539 g/mol. The number of furan rings is 1. The molecule has 38 heavy (non-hydrogen) atoms. The van der Waals surface area contributed by atoms with E-state index in [1.54, 1.807) is 37.3 Å². The van der Waals surface area contributed by atoms with E-state index in [4.69, 9.17) is 4.42 Å². The zero-order chi connectivity index (χ0) is 27.7. The van der Waals surface area contributed by atoms with Crippen molar-refractivity contribution < 1.29 is 37.6 Å². The summed E-state index contributed by atoms with van der Waals surface area (Å²) in [6.45, 7) is 1.76. The second-order valence-corrected chi connectivity index (χ2v) is 10.3. The number of hydrogen-bond acceptors (Lipinski definition) is 9. The topological polar surface area (TPSA) is 157 Å². The summed E-state index contributed by atoms with van der Waals surface area (Å²) in [6.07, 6.45) is 2.58. The molecule has 0 bridgehead atoms. The van der Waals surface area contributed by atoms with E-state index in [1.807, 2.05) is 0 Å². The smallest absolute Gasteiger partial charge is 0.319 e. The molecule has 198 valence electrons. The Kier molecular flexibility index (Phi) is 9.50. The van der Waals surface area contributed by atoms with Gasteiger partial charge in [0.15, 0.2) is 12.1 Å². The Bertz CT molecular complexity index is 1530. The third kappa shape index (κ3) is 7.84. The summed E-state index contributed by atoms with van der Waals surface area (Å²) in [5, 5.41) is 12.5. The van der Waals surface area contributed by atoms with Crippen molar-refractivity contribution in [3.05, 3.63) is 83.1 Å². The van der Waals surface area contributed by atoms with Gasteiger partial charge in [-0.1, -0.05) is 17.9 Å². The lowest BCUT2D eigenvalue weighted by Crippen LogP contribution is -2.28. The van der Waals surface area contributed by atoms with Crippen LogP contribution < -0.4 is 5.32 Å². The van der Waals surface area contributed by atoms with Crippen LogP contribution in [-0.4, -0.2) is 64.1 Å². The first kappa shape index (κ1) is 28.3. The molecule has 0 spiro atoms. The highest BCUT2D eigenvalue weighted by atomic mass is 32.2. The molecule has 12 heteroatoms. The van der Waals surface area contributed by atoms with E-state index in [2.05, 4.69) is 36.0 Å². The first-order valence-electron chi connectivity index (χ1n) is 11.1. The number of aryl methyl sites for hydroxylation is 1. The van der Waals surface area contributed by atoms with Gasteiger partial charge in [0.2, 0.25) is 0 Å². The molecule has 0 aliphatic rings. The van der Waals surface area contributed by atoms with Crippen LogP contribution in [0.1, 0.15) is 37.6 Å². The molecule has 0 aliphatic carbocycles. The highest BCUT2D eigenvalue weighted by Gasteiger charge is 2.22. The largest absolute Gasteiger partial charge is 0.468 e. The Morgan fingerprint density at radius 2 is 1.92 bits per heavy atom. The molecule has 2 atom stereocenters. The molecule has 2 amide bonds. The second kappa shape index (κ2) is 12.8. The number of anilines is 1. The van der Waals surface area contributed by atoms with Crippen molar-refractivity contribution >= 4 is 33.2 Å². The third-order valence-electron chi connectivity index (χ3n) is 5.02. The van der Waals surface area contributed by atoms with Gasteiger partial charge in [-0.15, -0.1) is 0 Å². The van der Waals surface area contributed by atoms with Gasteiger partial charge in [-0.25, -0.2) is 4.21 Å². The number of carbonyl (C=O) groups excluding carboxylic acids is 3. The highest BCUT2D eigenvalue weighted by Crippen LogP contribution is 2.15. The molecule has 3 rings (SSSR count). The van der Waals surface area contributed by atoms with Crippen molar-refractivity contribution in [1.29, 1.82) is 0 Å². The van der Waals surface area contributed by atoms with Crippen molar-refractivity contribution in [3.8, 4) is 11.8 Å². The van der Waals surface area contributed by atoms with Crippen molar-refractivity contribution in [2.45, 2.75) is 13.2 Å². The Morgan fingerprint density at radius 1 is 1.16 bits per heavy atom. The van der Waals surface area contributed by atoms with Crippen LogP contribution in [0, 0.1) is 18.8 Å². The Balaban J connectivity index is 1.81. The van der Waals surface area contributed by atoms with E-state index in [9.17, 15) is 23.7 Å². The van der Waals surface area contributed by atoms with Crippen molar-refractivity contribution in [2.24, 2.45) is 4.36 Å². The minimum Gasteiger partial charge on any atom is -0.468 e. The number of pyridine rings is 1. The average molecular weight is 540 g/mol. The zero-order valence-corrected chi connectivity index (χ0v) is 21.6. The highest BCUT2D eigenvalue weighted by molar-refractivity contribution is 7.94. The molecule has 3 aromatic rings. The molecule has 2 unspecified atom stereocenters. The number of ether oxygens (including phenoxy) is 2. The summed E-state index contributed by atoms with van der Waals surface area (Å²) in [5.41, 5.74) is 2.15. The van der Waals surface area contributed by atoms with Crippen LogP contribution >= 0.6 is 0 Å². The summed E-state index contributed by atoms with van der Waals surface area (Å²) in [5.74, 6) is 2.60. The van der Waals surface area contributed by atoms with Gasteiger partial charge in [0.25, 0.3) is 11.8 Å². The minimum absolute atomic E-state index is 0.0175. The number of esters is 1. The van der Waals surface area contributed by atoms with Gasteiger partial charge in [-0.2, -0.15) is 4.36 Å². The minimum atomic E-state index is -3.54. The average Bonchev–Trinajstić information content (AvgIpc) is 3.33. The summed E-state index contributed by atoms with van der Waals surface area (Å²) < 4.78 is 31.2. The predicted molar refractivity (Wildman–Crippen MR) is 138 cm³/mol. The summed E-state index contributed by atoms with van der Waals surface area (Å²) in [7, 11) is -1.26. The van der Waals surface area contributed by atoms with Crippen LogP contribution in [0.15, 0.2) is 63.8 Å². The maximum Gasteiger partial charge on any atom is 0.319 e. The van der Waals surface area contributed by atoms with Crippen LogP contribution in [0.5, 0.6) is 0 Å². The Morgan fingerprint density at radius 3 is 2.61 bits per heavy atom. The molecule has 1 aromatic carbocycles. The number of carbonyl (C=O) groups is 3. The number of methoxy groups -OCH3 is 2. The number of nitrogens with one attached hydrogen (secondary N) is 1. The van der Waals surface area contributed by atoms with Gasteiger partial charge in [0.05, 0.1) is 34.4 Å². The van der Waals surface area contributed by atoms with Crippen LogP contribution in [0.25, 0.3) is 0 Å². The fourth-order valence-corrected chi connectivity index (χ4v) is 4.84. The van der Waals surface area contributed by atoms with E-state index < -0.39 is 45.3 Å². The lowest BCUT2D eigenvalue weighted by atomic mass is 10.1. The molecular weight excluding hydrogens is 514 g/mol. The number of aliphatic hydroxyl groups is 1. The van der Waals surface area contributed by atoms with Gasteiger partial charge in [0, 0.05) is 41.9 Å². The number of rotatable bonds is 8. The fraction of sp³-hybridized carbons (Fsp3) is 0.231. The van der Waals surface area contributed by atoms with Gasteiger partial charge in [-0.3, -0.25) is 19.4 Å². The summed E-state index contributed by atoms with van der Waals surface area (Å²) in [6, 6.07) is 9.93. The molecule has 0 fully saturated rings. The molecule has 0 saturated heterocycles. The standard InChI is InChI=1S/C26H25N3O8S/c1-17-9-10-37-24(17)26(33)28-21-6-4-5-18(12-21)7-8-19-11-20(14-27-13-19)25(32)29-38(34,15-22(30)35-2)16-23(31)36-3/h4-6,9-14,22,30H,15-16H2,1-3H3,(H,28,33). The van der Waals surface area contributed by atoms with E-state index in [0.29, 0.717) is 22.4 Å². The molecule has 2 heterocycles. The molecule has 0 radical (unpaired) electrons. The molecule has 2 aromatic heterocycles. The normalized spacial score (nSPS) is 12.8. The lowest BCUT2D eigenvalue weighted by molar-refractivity contribution is -0.137. The maximum absolute atomic E-state index is 13.1. The van der Waals surface area contributed by atoms with Gasteiger partial charge >= 0.3 is 5.97 Å². The van der Waals surface area contributed by atoms with E-state index >= 15 is 0 Å². The fourth-order valence-electron chi connectivity index (χ4n) is 3.10. The maximum atomic E-state index is 13.1. The first-order valence-corrected chi connectivity index (χ1v) is 12.9. The summed E-state index contributed by atoms with van der Waals surface area (Å²) in [4.78, 5) is 40.8. The van der Waals surface area contributed by atoms with Crippen LogP contribution in [0.4, 0.5) is 5.69 Å². The van der Waals surface area contributed by atoms with Crippen LogP contribution in [0.3, 0.4) is 0 Å². The predicted octanol–water partition coefficient (Wildman–Crippen LogP) is 2.38. The van der Waals surface area contributed by atoms with Crippen molar-refractivity contribution in [3.63, 3.8) is 0 Å². The molecule has 11 nitrogen and oxygen atoms in total. The number of aromatic nitrogens is 1. The Hall–Kier alpha value is -4.31. The van der Waals surface area contributed by atoms with Crippen LogP contribution in [0.2, 0.25) is 0 Å². The van der Waals surface area contributed by atoms with Crippen LogP contribution in [-0.2, 0) is 24.0 Å². The number of amides is 2. The van der Waals surface area contributed by atoms with Gasteiger partial charge < -0.3 is 24.3 Å².